The maximum Gasteiger partial charge on any atom is 0.293 e. The van der Waals surface area contributed by atoms with E-state index >= 15 is 0 Å². The number of thioether (sulfide) groups is 2. The highest BCUT2D eigenvalue weighted by Gasteiger charge is 2.25. The van der Waals surface area contributed by atoms with E-state index in [1.54, 1.807) is 23.5 Å². The van der Waals surface area contributed by atoms with Gasteiger partial charge in [0.1, 0.15) is 12.0 Å². The van der Waals surface area contributed by atoms with Crippen molar-refractivity contribution >= 4 is 67.3 Å². The fraction of sp³-hybridized carbons (Fsp3) is 0.273. The lowest BCUT2D eigenvalue weighted by atomic mass is 9.99. The summed E-state index contributed by atoms with van der Waals surface area (Å²) in [6.07, 6.45) is 4.16. The second-order valence-corrected chi connectivity index (χ2v) is 18.3. The van der Waals surface area contributed by atoms with Gasteiger partial charge in [0.15, 0.2) is 5.82 Å². The molecule has 1 aliphatic heterocycles. The predicted molar refractivity (Wildman–Crippen MR) is 242 cm³/mol. The summed E-state index contributed by atoms with van der Waals surface area (Å²) in [6.45, 7) is 5.04. The predicted octanol–water partition coefficient (Wildman–Crippen LogP) is 8.57. The van der Waals surface area contributed by atoms with Crippen molar-refractivity contribution in [3.05, 3.63) is 137 Å². The number of benzene rings is 5. The first-order chi connectivity index (χ1) is 28.6. The van der Waals surface area contributed by atoms with Crippen LogP contribution >= 0.6 is 23.5 Å². The molecule has 1 fully saturated rings. The Bertz CT molecular complexity index is 2490. The molecule has 1 saturated heterocycles. The fourth-order valence-electron chi connectivity index (χ4n) is 7.14. The van der Waals surface area contributed by atoms with Gasteiger partial charge in [0.2, 0.25) is 0 Å². The van der Waals surface area contributed by atoms with E-state index in [4.69, 9.17) is 0 Å². The molecule has 0 saturated carbocycles. The Labute approximate surface area is 354 Å². The molecule has 0 spiro atoms. The third-order valence-electron chi connectivity index (χ3n) is 10.3. The van der Waals surface area contributed by atoms with E-state index in [-0.39, 0.29) is 28.1 Å². The van der Waals surface area contributed by atoms with Crippen molar-refractivity contribution in [2.24, 2.45) is 0 Å². The van der Waals surface area contributed by atoms with Crippen LogP contribution in [0, 0.1) is 10.1 Å². The van der Waals surface area contributed by atoms with Crippen molar-refractivity contribution in [1.29, 1.82) is 0 Å². The minimum Gasteiger partial charge on any atom is -0.376 e. The Morgan fingerprint density at radius 3 is 2.32 bits per heavy atom. The molecule has 59 heavy (non-hydrogen) atoms. The van der Waals surface area contributed by atoms with Crippen LogP contribution in [0.15, 0.2) is 136 Å². The first kappa shape index (κ1) is 42.0. The third kappa shape index (κ3) is 10.7. The van der Waals surface area contributed by atoms with Crippen LogP contribution in [0.4, 0.5) is 22.9 Å². The van der Waals surface area contributed by atoms with Gasteiger partial charge in [0.25, 0.3) is 15.7 Å². The number of nitro benzene ring substituents is 1. The van der Waals surface area contributed by atoms with Gasteiger partial charge in [-0.15, -0.1) is 23.5 Å². The Morgan fingerprint density at radius 1 is 0.864 bits per heavy atom. The molecular weight excluding hydrogens is 801 g/mol. The summed E-state index contributed by atoms with van der Waals surface area (Å²) in [5, 5.41) is 16.2. The van der Waals surface area contributed by atoms with Crippen LogP contribution in [0.3, 0.4) is 0 Å². The highest BCUT2D eigenvalue weighted by atomic mass is 32.2. The van der Waals surface area contributed by atoms with Crippen LogP contribution in [-0.4, -0.2) is 98.0 Å². The van der Waals surface area contributed by atoms with Gasteiger partial charge in [-0.25, -0.2) is 18.4 Å². The van der Waals surface area contributed by atoms with Crippen LogP contribution in [0.5, 0.6) is 0 Å². The molecule has 1 aromatic heterocycles. The van der Waals surface area contributed by atoms with Crippen LogP contribution in [0.2, 0.25) is 0 Å². The molecule has 0 aliphatic carbocycles. The molecular formula is C44H48N8O4S3. The number of fused-ring (bicyclic) bond motifs is 1. The minimum absolute atomic E-state index is 0.0969. The maximum absolute atomic E-state index is 13.8. The minimum atomic E-state index is -4.26. The van der Waals surface area contributed by atoms with Crippen molar-refractivity contribution in [3.63, 3.8) is 0 Å². The largest absolute Gasteiger partial charge is 0.376 e. The lowest BCUT2D eigenvalue weighted by Crippen LogP contribution is -2.46. The Kier molecular flexibility index (Phi) is 13.7. The fourth-order valence-corrected chi connectivity index (χ4v) is 9.64. The van der Waals surface area contributed by atoms with Gasteiger partial charge in [-0.1, -0.05) is 54.6 Å². The molecule has 15 heteroatoms. The molecule has 5 aromatic carbocycles. The van der Waals surface area contributed by atoms with E-state index in [2.05, 4.69) is 83.4 Å². The van der Waals surface area contributed by atoms with Gasteiger partial charge >= 0.3 is 0 Å². The normalized spacial score (nSPS) is 14.1. The second-order valence-electron chi connectivity index (χ2n) is 14.7. The summed E-state index contributed by atoms with van der Waals surface area (Å²) in [5.74, 6) is 0.762. The standard InChI is InChI=1S/C44H48N8O4S3/c1-49(2)21-20-34(30-58-36-12-8-5-9-13-36)47-41-19-16-38(28-43(41)52(53)54)59(55,56)48-44-40-17-14-35(27-42(40)45-31-46-44)51-24-22-50(23-25-51)29-33-26-37(57-3)15-18-39(33)32-10-6-4-7-11-32/h4-19,26-28,31,34,47H,20-25,29-30H2,1-3H3,(H,45,46,48). The number of nitro groups is 1. The first-order valence-corrected chi connectivity index (χ1v) is 23.1. The maximum atomic E-state index is 13.8. The molecule has 6 aromatic rings. The summed E-state index contributed by atoms with van der Waals surface area (Å²) >= 11 is 3.41. The number of nitrogens with zero attached hydrogens (tertiary/aromatic N) is 6. The Hall–Kier alpha value is -5.19. The van der Waals surface area contributed by atoms with Crippen molar-refractivity contribution < 1.29 is 13.3 Å². The lowest BCUT2D eigenvalue weighted by molar-refractivity contribution is -0.384. The van der Waals surface area contributed by atoms with Crippen LogP contribution in [0.1, 0.15) is 12.0 Å². The van der Waals surface area contributed by atoms with Gasteiger partial charge in [-0.05, 0) is 105 Å². The molecule has 2 heterocycles. The topological polar surface area (TPSA) is 137 Å². The molecule has 0 radical (unpaired) electrons. The first-order valence-electron chi connectivity index (χ1n) is 19.4. The van der Waals surface area contributed by atoms with Gasteiger partial charge < -0.3 is 15.1 Å². The number of anilines is 3. The van der Waals surface area contributed by atoms with Crippen molar-refractivity contribution in [3.8, 4) is 11.1 Å². The number of piperazine rings is 1. The average Bonchev–Trinajstić information content (AvgIpc) is 3.25. The molecule has 1 aliphatic rings. The monoisotopic (exact) mass is 848 g/mol. The highest BCUT2D eigenvalue weighted by molar-refractivity contribution is 7.99. The number of hydrogen-bond donors (Lipinski definition) is 2. The Balaban J connectivity index is 1.03. The number of aromatic nitrogens is 2. The van der Waals surface area contributed by atoms with E-state index in [1.807, 2.05) is 68.7 Å². The second kappa shape index (κ2) is 19.3. The zero-order valence-electron chi connectivity index (χ0n) is 33.3. The molecule has 1 unspecified atom stereocenters. The van der Waals surface area contributed by atoms with Crippen molar-refractivity contribution in [2.45, 2.75) is 33.7 Å². The van der Waals surface area contributed by atoms with Crippen molar-refractivity contribution in [2.75, 3.05) is 73.8 Å². The molecule has 1 atom stereocenters. The number of nitrogens with one attached hydrogen (secondary N) is 2. The zero-order valence-corrected chi connectivity index (χ0v) is 35.8. The quantitative estimate of drug-likeness (QED) is 0.0517. The van der Waals surface area contributed by atoms with Gasteiger partial charge in [0.05, 0.1) is 15.3 Å². The number of sulfonamides is 1. The summed E-state index contributed by atoms with van der Waals surface area (Å²) in [4.78, 5) is 29.5. The van der Waals surface area contributed by atoms with Gasteiger partial charge in [-0.3, -0.25) is 19.7 Å². The molecule has 2 N–H and O–H groups in total. The average molecular weight is 849 g/mol. The molecule has 12 nitrogen and oxygen atoms in total. The van der Waals surface area contributed by atoms with E-state index in [1.165, 1.54) is 40.0 Å². The summed E-state index contributed by atoms with van der Waals surface area (Å²) in [5.41, 5.74) is 5.30. The van der Waals surface area contributed by atoms with E-state index in [0.29, 0.717) is 16.7 Å². The molecule has 0 amide bonds. The van der Waals surface area contributed by atoms with E-state index < -0.39 is 14.9 Å². The highest BCUT2D eigenvalue weighted by Crippen LogP contribution is 2.33. The molecule has 0 bridgehead atoms. The van der Waals surface area contributed by atoms with Gasteiger partial charge in [-0.2, -0.15) is 0 Å². The number of rotatable bonds is 17. The Morgan fingerprint density at radius 2 is 1.61 bits per heavy atom. The lowest BCUT2D eigenvalue weighted by Gasteiger charge is -2.36. The third-order valence-corrected chi connectivity index (χ3v) is 13.6. The zero-order chi connectivity index (χ0) is 41.4. The molecule has 7 rings (SSSR count). The summed E-state index contributed by atoms with van der Waals surface area (Å²) < 4.78 is 30.1. The summed E-state index contributed by atoms with van der Waals surface area (Å²) in [6, 6.07) is 36.8. The van der Waals surface area contributed by atoms with Gasteiger partial charge in [0, 0.05) is 71.4 Å². The molecule has 306 valence electrons. The summed E-state index contributed by atoms with van der Waals surface area (Å²) in [7, 11) is -0.303. The SMILES string of the molecule is CSc1ccc(-c2ccccc2)c(CN2CCN(c3ccc4c(NS(=O)(=O)c5ccc(NC(CCN(C)C)CSc6ccccc6)c([N+](=O)[O-])c5)ncnc4c3)CC2)c1. The van der Waals surface area contributed by atoms with Crippen LogP contribution in [-0.2, 0) is 16.6 Å². The smallest absolute Gasteiger partial charge is 0.293 e. The van der Waals surface area contributed by atoms with E-state index in [9.17, 15) is 18.5 Å². The number of hydrogen-bond acceptors (Lipinski definition) is 12. The van der Waals surface area contributed by atoms with Crippen LogP contribution < -0.4 is 14.9 Å². The van der Waals surface area contributed by atoms with Crippen molar-refractivity contribution in [1.82, 2.24) is 19.8 Å². The van der Waals surface area contributed by atoms with Crippen LogP contribution in [0.25, 0.3) is 22.0 Å². The van der Waals surface area contributed by atoms with E-state index in [0.717, 1.165) is 62.3 Å².